The van der Waals surface area contributed by atoms with Crippen LogP contribution in [0.2, 0.25) is 0 Å². The van der Waals surface area contributed by atoms with E-state index in [-0.39, 0.29) is 5.60 Å². The van der Waals surface area contributed by atoms with Crippen LogP contribution >= 0.6 is 0 Å². The maximum Gasteiger partial charge on any atom is 0.102 e. The molecule has 12 heavy (non-hydrogen) atoms. The summed E-state index contributed by atoms with van der Waals surface area (Å²) in [4.78, 5) is 0. The van der Waals surface area contributed by atoms with Crippen molar-refractivity contribution in [1.82, 2.24) is 0 Å². The molecule has 0 saturated carbocycles. The number of hydrogen-bond acceptors (Lipinski definition) is 2. The Morgan fingerprint density at radius 3 is 2.08 bits per heavy atom. The summed E-state index contributed by atoms with van der Waals surface area (Å²) in [5, 5.41) is 0. The van der Waals surface area contributed by atoms with E-state index in [2.05, 4.69) is 26.0 Å². The van der Waals surface area contributed by atoms with E-state index in [0.29, 0.717) is 24.0 Å². The van der Waals surface area contributed by atoms with Crippen molar-refractivity contribution in [2.75, 3.05) is 6.61 Å². The Kier molecular flexibility index (Phi) is 1.15. The van der Waals surface area contributed by atoms with Crippen molar-refractivity contribution in [3.63, 3.8) is 0 Å². The summed E-state index contributed by atoms with van der Waals surface area (Å²) in [6.07, 6.45) is 5.02. The Balaban J connectivity index is 1.99. The maximum absolute atomic E-state index is 5.81. The first-order valence-corrected chi connectivity index (χ1v) is 4.72. The molecule has 0 aromatic heterocycles. The van der Waals surface area contributed by atoms with Gasteiger partial charge in [-0.3, -0.25) is 0 Å². The van der Waals surface area contributed by atoms with Crippen molar-refractivity contribution >= 4 is 0 Å². The van der Waals surface area contributed by atoms with E-state index >= 15 is 0 Å². The number of epoxide rings is 1. The molecule has 0 aromatic carbocycles. The van der Waals surface area contributed by atoms with Gasteiger partial charge in [0.05, 0.1) is 18.8 Å². The molecule has 3 heterocycles. The van der Waals surface area contributed by atoms with Gasteiger partial charge in [0.25, 0.3) is 0 Å². The number of hydrogen-bond donors (Lipinski definition) is 0. The predicted octanol–water partition coefficient (Wildman–Crippen LogP) is 1.36. The molecular weight excluding hydrogens is 152 g/mol. The monoisotopic (exact) mass is 166 g/mol. The quantitative estimate of drug-likeness (QED) is 0.400. The van der Waals surface area contributed by atoms with Gasteiger partial charge in [0.1, 0.15) is 5.60 Å². The molecule has 0 amide bonds. The lowest BCUT2D eigenvalue weighted by Crippen LogP contribution is -2.47. The van der Waals surface area contributed by atoms with Gasteiger partial charge in [-0.05, 0) is 0 Å². The molecule has 2 bridgehead atoms. The first-order chi connectivity index (χ1) is 5.74. The summed E-state index contributed by atoms with van der Waals surface area (Å²) in [5.74, 6) is 1.06. The van der Waals surface area contributed by atoms with Gasteiger partial charge in [0.2, 0.25) is 0 Å². The highest BCUT2D eigenvalue weighted by molar-refractivity contribution is 5.20. The Labute approximate surface area is 72.5 Å². The van der Waals surface area contributed by atoms with Crippen LogP contribution in [-0.4, -0.2) is 24.4 Å². The second-order valence-electron chi connectivity index (χ2n) is 4.27. The van der Waals surface area contributed by atoms with Crippen LogP contribution < -0.4 is 0 Å². The fourth-order valence-electron chi connectivity index (χ4n) is 2.64. The minimum atomic E-state index is 0.164. The first-order valence-electron chi connectivity index (χ1n) is 4.72. The standard InChI is InChI=1S/C10H14O2/c1-6-8-3-4-9(12-8)7(2)10(6)5-11-10/h3-4,6-9H,5H2,1-2H3/t6-,7+,8+,9-,10?. The van der Waals surface area contributed by atoms with Crippen molar-refractivity contribution in [3.05, 3.63) is 12.2 Å². The van der Waals surface area contributed by atoms with Gasteiger partial charge < -0.3 is 9.47 Å². The van der Waals surface area contributed by atoms with Crippen LogP contribution in [0.5, 0.6) is 0 Å². The van der Waals surface area contributed by atoms with Gasteiger partial charge in [-0.25, -0.2) is 0 Å². The van der Waals surface area contributed by atoms with Crippen molar-refractivity contribution in [2.45, 2.75) is 31.7 Å². The Hall–Kier alpha value is -0.340. The van der Waals surface area contributed by atoms with Gasteiger partial charge in [-0.1, -0.05) is 26.0 Å². The van der Waals surface area contributed by atoms with E-state index in [1.807, 2.05) is 0 Å². The van der Waals surface area contributed by atoms with Crippen molar-refractivity contribution in [2.24, 2.45) is 11.8 Å². The molecule has 5 atom stereocenters. The molecule has 0 aromatic rings. The highest BCUT2D eigenvalue weighted by atomic mass is 16.6. The molecule has 2 fully saturated rings. The average molecular weight is 166 g/mol. The smallest absolute Gasteiger partial charge is 0.102 e. The number of fused-ring (bicyclic) bond motifs is 2. The predicted molar refractivity (Wildman–Crippen MR) is 44.8 cm³/mol. The van der Waals surface area contributed by atoms with Crippen molar-refractivity contribution < 1.29 is 9.47 Å². The minimum absolute atomic E-state index is 0.164. The van der Waals surface area contributed by atoms with Crippen molar-refractivity contribution in [1.29, 1.82) is 0 Å². The maximum atomic E-state index is 5.81. The molecule has 0 aliphatic carbocycles. The van der Waals surface area contributed by atoms with E-state index < -0.39 is 0 Å². The Morgan fingerprint density at radius 2 is 1.67 bits per heavy atom. The van der Waals surface area contributed by atoms with Crippen molar-refractivity contribution in [3.8, 4) is 0 Å². The third-order valence-electron chi connectivity index (χ3n) is 3.81. The molecule has 2 saturated heterocycles. The molecule has 66 valence electrons. The Bertz CT molecular complexity index is 222. The molecule has 1 spiro atoms. The van der Waals surface area contributed by atoms with E-state index in [4.69, 9.17) is 9.47 Å². The lowest BCUT2D eigenvalue weighted by molar-refractivity contribution is -0.0909. The molecule has 0 radical (unpaired) electrons. The molecular formula is C10H14O2. The van der Waals surface area contributed by atoms with E-state index in [1.165, 1.54) is 0 Å². The van der Waals surface area contributed by atoms with Crippen LogP contribution in [0.4, 0.5) is 0 Å². The molecule has 2 nitrogen and oxygen atoms in total. The average Bonchev–Trinajstić information content (AvgIpc) is 2.73. The molecule has 3 aliphatic rings. The molecule has 3 aliphatic heterocycles. The molecule has 0 N–H and O–H groups in total. The lowest BCUT2D eigenvalue weighted by Gasteiger charge is -2.37. The summed E-state index contributed by atoms with van der Waals surface area (Å²) in [5.41, 5.74) is 0.164. The van der Waals surface area contributed by atoms with Crippen LogP contribution in [0.25, 0.3) is 0 Å². The van der Waals surface area contributed by atoms with E-state index in [1.54, 1.807) is 0 Å². The molecule has 2 heteroatoms. The Morgan fingerprint density at radius 1 is 1.17 bits per heavy atom. The largest absolute Gasteiger partial charge is 0.369 e. The fourth-order valence-corrected chi connectivity index (χ4v) is 2.64. The van der Waals surface area contributed by atoms with Gasteiger partial charge in [0.15, 0.2) is 0 Å². The van der Waals surface area contributed by atoms with Crippen LogP contribution in [0, 0.1) is 11.8 Å². The normalized spacial score (nSPS) is 61.2. The minimum Gasteiger partial charge on any atom is -0.369 e. The summed E-state index contributed by atoms with van der Waals surface area (Å²) >= 11 is 0. The van der Waals surface area contributed by atoms with Crippen LogP contribution in [-0.2, 0) is 9.47 Å². The van der Waals surface area contributed by atoms with Crippen LogP contribution in [0.3, 0.4) is 0 Å². The van der Waals surface area contributed by atoms with Gasteiger partial charge in [-0.15, -0.1) is 0 Å². The van der Waals surface area contributed by atoms with E-state index in [0.717, 1.165) is 6.61 Å². The zero-order valence-corrected chi connectivity index (χ0v) is 7.49. The number of ether oxygens (including phenoxy) is 2. The second kappa shape index (κ2) is 1.94. The van der Waals surface area contributed by atoms with Crippen LogP contribution in [0.15, 0.2) is 12.2 Å². The fraction of sp³-hybridized carbons (Fsp3) is 0.800. The highest BCUT2D eigenvalue weighted by Crippen LogP contribution is 2.52. The third-order valence-corrected chi connectivity index (χ3v) is 3.81. The SMILES string of the molecule is C[C@@H]1[C@@H]2C=C[C@@H](O2)[C@H](C)C12CO2. The lowest BCUT2D eigenvalue weighted by atomic mass is 9.78. The first kappa shape index (κ1) is 7.10. The molecule has 1 unspecified atom stereocenters. The van der Waals surface area contributed by atoms with Crippen LogP contribution in [0.1, 0.15) is 13.8 Å². The zero-order valence-electron chi connectivity index (χ0n) is 7.49. The zero-order chi connectivity index (χ0) is 8.34. The summed E-state index contributed by atoms with van der Waals surface area (Å²) in [6, 6.07) is 0. The van der Waals surface area contributed by atoms with E-state index in [9.17, 15) is 0 Å². The summed E-state index contributed by atoms with van der Waals surface area (Å²) < 4.78 is 11.4. The van der Waals surface area contributed by atoms with Gasteiger partial charge in [-0.2, -0.15) is 0 Å². The summed E-state index contributed by atoms with van der Waals surface area (Å²) in [7, 11) is 0. The van der Waals surface area contributed by atoms with Gasteiger partial charge >= 0.3 is 0 Å². The third kappa shape index (κ3) is 0.639. The number of rotatable bonds is 0. The van der Waals surface area contributed by atoms with Gasteiger partial charge in [0, 0.05) is 11.8 Å². The molecule has 3 rings (SSSR count). The summed E-state index contributed by atoms with van der Waals surface area (Å²) in [6.45, 7) is 5.41. The highest BCUT2D eigenvalue weighted by Gasteiger charge is 2.62. The topological polar surface area (TPSA) is 21.8 Å². The second-order valence-corrected chi connectivity index (χ2v) is 4.27.